The predicted molar refractivity (Wildman–Crippen MR) is 70.9 cm³/mol. The molecule has 102 valence electrons. The molecule has 0 aromatic heterocycles. The van der Waals surface area contributed by atoms with E-state index >= 15 is 0 Å². The molecular weight excluding hydrogens is 244 g/mol. The van der Waals surface area contributed by atoms with E-state index in [1.54, 1.807) is 23.1 Å². The molecule has 2 rings (SSSR count). The number of nitrogens with zero attached hydrogens (tertiary/aromatic N) is 1. The molecule has 2 amide bonds. The van der Waals surface area contributed by atoms with Crippen LogP contribution in [-0.2, 0) is 4.74 Å². The van der Waals surface area contributed by atoms with Crippen LogP contribution in [0.25, 0.3) is 0 Å². The van der Waals surface area contributed by atoms with Crippen molar-refractivity contribution < 1.29 is 14.3 Å². The normalized spacial score (nSPS) is 18.1. The molecule has 0 atom stereocenters. The van der Waals surface area contributed by atoms with Crippen molar-refractivity contribution in [2.24, 2.45) is 5.73 Å². The summed E-state index contributed by atoms with van der Waals surface area (Å²) in [5.74, 6) is -0.632. The molecule has 1 aliphatic rings. The largest absolute Gasteiger partial charge is 0.377 e. The number of morpholine rings is 1. The Kier molecular flexibility index (Phi) is 3.57. The van der Waals surface area contributed by atoms with Gasteiger partial charge >= 0.3 is 0 Å². The number of amides is 2. The lowest BCUT2D eigenvalue weighted by Crippen LogP contribution is -2.55. The molecule has 2 N–H and O–H groups in total. The second-order valence-electron chi connectivity index (χ2n) is 5.27. The zero-order valence-corrected chi connectivity index (χ0v) is 11.2. The lowest BCUT2D eigenvalue weighted by Gasteiger charge is -2.42. The van der Waals surface area contributed by atoms with Gasteiger partial charge in [0.05, 0.1) is 18.8 Å². The van der Waals surface area contributed by atoms with Gasteiger partial charge in [-0.15, -0.1) is 0 Å². The van der Waals surface area contributed by atoms with Gasteiger partial charge in [0, 0.05) is 17.7 Å². The van der Waals surface area contributed by atoms with Crippen LogP contribution in [-0.4, -0.2) is 42.0 Å². The van der Waals surface area contributed by atoms with Crippen LogP contribution in [0.15, 0.2) is 24.3 Å². The molecule has 1 heterocycles. The highest BCUT2D eigenvalue weighted by Gasteiger charge is 2.34. The number of nitrogens with two attached hydrogens (primary N) is 1. The molecule has 19 heavy (non-hydrogen) atoms. The summed E-state index contributed by atoms with van der Waals surface area (Å²) >= 11 is 0. The van der Waals surface area contributed by atoms with E-state index < -0.39 is 5.91 Å². The summed E-state index contributed by atoms with van der Waals surface area (Å²) in [6.45, 7) is 5.51. The summed E-state index contributed by atoms with van der Waals surface area (Å²) in [5.41, 5.74) is 5.70. The number of primary amides is 1. The SMILES string of the molecule is CC1(C)COCCN1C(=O)c1cccc(C(N)=O)c1. The zero-order chi connectivity index (χ0) is 14.0. The number of benzene rings is 1. The van der Waals surface area contributed by atoms with E-state index in [9.17, 15) is 9.59 Å². The molecule has 0 spiro atoms. The molecule has 0 bridgehead atoms. The fourth-order valence-electron chi connectivity index (χ4n) is 2.20. The number of carbonyl (C=O) groups excluding carboxylic acids is 2. The number of hydrogen-bond acceptors (Lipinski definition) is 3. The lowest BCUT2D eigenvalue weighted by molar-refractivity contribution is -0.0370. The fraction of sp³-hybridized carbons (Fsp3) is 0.429. The summed E-state index contributed by atoms with van der Waals surface area (Å²) in [7, 11) is 0. The zero-order valence-electron chi connectivity index (χ0n) is 11.2. The van der Waals surface area contributed by atoms with E-state index in [0.717, 1.165) is 0 Å². The van der Waals surface area contributed by atoms with Gasteiger partial charge in [-0.25, -0.2) is 0 Å². The highest BCUT2D eigenvalue weighted by molar-refractivity contribution is 5.99. The van der Waals surface area contributed by atoms with Gasteiger partial charge in [-0.3, -0.25) is 9.59 Å². The Hall–Kier alpha value is -1.88. The summed E-state index contributed by atoms with van der Waals surface area (Å²) in [6, 6.07) is 6.50. The monoisotopic (exact) mass is 262 g/mol. The van der Waals surface area contributed by atoms with E-state index in [0.29, 0.717) is 30.9 Å². The predicted octanol–water partition coefficient (Wildman–Crippen LogP) is 1.04. The van der Waals surface area contributed by atoms with Crippen molar-refractivity contribution in [3.63, 3.8) is 0 Å². The van der Waals surface area contributed by atoms with E-state index in [1.807, 2.05) is 13.8 Å². The van der Waals surface area contributed by atoms with Gasteiger partial charge in [0.1, 0.15) is 0 Å². The maximum atomic E-state index is 12.5. The molecule has 1 fully saturated rings. The standard InChI is InChI=1S/C14H18N2O3/c1-14(2)9-19-7-6-16(14)13(18)11-5-3-4-10(8-11)12(15)17/h3-5,8H,6-7,9H2,1-2H3,(H2,15,17). The highest BCUT2D eigenvalue weighted by Crippen LogP contribution is 2.22. The number of rotatable bonds is 2. The Morgan fingerprint density at radius 2 is 2.00 bits per heavy atom. The molecule has 1 aromatic rings. The molecule has 1 saturated heterocycles. The highest BCUT2D eigenvalue weighted by atomic mass is 16.5. The Labute approximate surface area is 112 Å². The molecule has 1 aromatic carbocycles. The third kappa shape index (κ3) is 2.76. The second-order valence-corrected chi connectivity index (χ2v) is 5.27. The van der Waals surface area contributed by atoms with E-state index in [2.05, 4.69) is 0 Å². The average molecular weight is 262 g/mol. The fourth-order valence-corrected chi connectivity index (χ4v) is 2.20. The first kappa shape index (κ1) is 13.5. The molecule has 0 aliphatic carbocycles. The molecule has 0 saturated carbocycles. The van der Waals surface area contributed by atoms with Crippen molar-refractivity contribution in [2.45, 2.75) is 19.4 Å². The summed E-state index contributed by atoms with van der Waals surface area (Å²) < 4.78 is 5.39. The molecule has 0 radical (unpaired) electrons. The maximum absolute atomic E-state index is 12.5. The van der Waals surface area contributed by atoms with Crippen LogP contribution in [0.5, 0.6) is 0 Å². The van der Waals surface area contributed by atoms with Gasteiger partial charge in [-0.05, 0) is 32.0 Å². The van der Waals surface area contributed by atoms with Crippen molar-refractivity contribution in [3.8, 4) is 0 Å². The van der Waals surface area contributed by atoms with Gasteiger partial charge in [0.2, 0.25) is 5.91 Å². The van der Waals surface area contributed by atoms with Gasteiger partial charge in [-0.1, -0.05) is 6.07 Å². The Morgan fingerprint density at radius 1 is 1.32 bits per heavy atom. The minimum absolute atomic E-state index is 0.101. The average Bonchev–Trinajstić information content (AvgIpc) is 2.37. The Morgan fingerprint density at radius 3 is 2.63 bits per heavy atom. The maximum Gasteiger partial charge on any atom is 0.254 e. The number of hydrogen-bond donors (Lipinski definition) is 1. The van der Waals surface area contributed by atoms with Crippen molar-refractivity contribution in [2.75, 3.05) is 19.8 Å². The van der Waals surface area contributed by atoms with E-state index in [1.165, 1.54) is 6.07 Å². The van der Waals surface area contributed by atoms with Crippen LogP contribution in [0, 0.1) is 0 Å². The van der Waals surface area contributed by atoms with Gasteiger partial charge in [0.15, 0.2) is 0 Å². The summed E-state index contributed by atoms with van der Waals surface area (Å²) in [4.78, 5) is 25.4. The third-order valence-electron chi connectivity index (χ3n) is 3.28. The molecule has 5 heteroatoms. The van der Waals surface area contributed by atoms with Gasteiger partial charge in [0.25, 0.3) is 5.91 Å². The van der Waals surface area contributed by atoms with Crippen LogP contribution in [0.4, 0.5) is 0 Å². The minimum atomic E-state index is -0.532. The molecular formula is C14H18N2O3. The van der Waals surface area contributed by atoms with Crippen LogP contribution in [0.3, 0.4) is 0 Å². The Balaban J connectivity index is 2.28. The van der Waals surface area contributed by atoms with Crippen LogP contribution < -0.4 is 5.73 Å². The van der Waals surface area contributed by atoms with Crippen molar-refractivity contribution in [3.05, 3.63) is 35.4 Å². The quantitative estimate of drug-likeness (QED) is 0.865. The van der Waals surface area contributed by atoms with Crippen LogP contribution in [0.2, 0.25) is 0 Å². The van der Waals surface area contributed by atoms with Crippen molar-refractivity contribution in [1.29, 1.82) is 0 Å². The van der Waals surface area contributed by atoms with E-state index in [4.69, 9.17) is 10.5 Å². The van der Waals surface area contributed by atoms with Crippen molar-refractivity contribution >= 4 is 11.8 Å². The third-order valence-corrected chi connectivity index (χ3v) is 3.28. The number of ether oxygens (including phenoxy) is 1. The molecule has 1 aliphatic heterocycles. The lowest BCUT2D eigenvalue weighted by atomic mass is 10.00. The Bertz CT molecular complexity index is 511. The topological polar surface area (TPSA) is 72.6 Å². The first-order valence-corrected chi connectivity index (χ1v) is 6.21. The second kappa shape index (κ2) is 5.01. The van der Waals surface area contributed by atoms with Gasteiger partial charge < -0.3 is 15.4 Å². The van der Waals surface area contributed by atoms with Crippen LogP contribution in [0.1, 0.15) is 34.6 Å². The summed E-state index contributed by atoms with van der Waals surface area (Å²) in [6.07, 6.45) is 0. The summed E-state index contributed by atoms with van der Waals surface area (Å²) in [5, 5.41) is 0. The minimum Gasteiger partial charge on any atom is -0.377 e. The first-order valence-electron chi connectivity index (χ1n) is 6.21. The van der Waals surface area contributed by atoms with Crippen LogP contribution >= 0.6 is 0 Å². The molecule has 0 unspecified atom stereocenters. The van der Waals surface area contributed by atoms with Gasteiger partial charge in [-0.2, -0.15) is 0 Å². The van der Waals surface area contributed by atoms with E-state index in [-0.39, 0.29) is 11.4 Å². The first-order chi connectivity index (χ1) is 8.92. The molecule has 5 nitrogen and oxygen atoms in total. The number of carbonyl (C=O) groups is 2. The smallest absolute Gasteiger partial charge is 0.254 e. The van der Waals surface area contributed by atoms with Crippen molar-refractivity contribution in [1.82, 2.24) is 4.90 Å².